The second-order valence-corrected chi connectivity index (χ2v) is 5.70. The average Bonchev–Trinajstić information content (AvgIpc) is 2.40. The molecule has 1 aromatic carbocycles. The third-order valence-corrected chi connectivity index (χ3v) is 4.10. The van der Waals surface area contributed by atoms with Crippen LogP contribution >= 0.6 is 15.9 Å². The van der Waals surface area contributed by atoms with Crippen LogP contribution in [0.15, 0.2) is 22.7 Å². The van der Waals surface area contributed by atoms with E-state index in [0.717, 1.165) is 47.7 Å². The molecule has 0 radical (unpaired) electrons. The zero-order valence-corrected chi connectivity index (χ0v) is 12.0. The fourth-order valence-electron chi connectivity index (χ4n) is 2.57. The minimum atomic E-state index is 0.752. The maximum Gasteiger partial charge on any atom is 0.101 e. The molecular formula is C14H18BrN3. The number of rotatable bonds is 3. The van der Waals surface area contributed by atoms with Crippen molar-refractivity contribution in [3.63, 3.8) is 0 Å². The van der Waals surface area contributed by atoms with E-state index in [9.17, 15) is 5.26 Å². The summed E-state index contributed by atoms with van der Waals surface area (Å²) in [7, 11) is 0. The van der Waals surface area contributed by atoms with Gasteiger partial charge in [-0.15, -0.1) is 0 Å². The fraction of sp³-hybridized carbons (Fsp3) is 0.500. The van der Waals surface area contributed by atoms with Gasteiger partial charge in [0.05, 0.1) is 11.3 Å². The predicted octanol–water partition coefficient (Wildman–Crippen LogP) is 2.89. The van der Waals surface area contributed by atoms with Gasteiger partial charge in [-0.3, -0.25) is 0 Å². The molecule has 0 unspecified atom stereocenters. The second-order valence-electron chi connectivity index (χ2n) is 4.78. The van der Waals surface area contributed by atoms with Gasteiger partial charge in [0, 0.05) is 17.6 Å². The Labute approximate surface area is 117 Å². The summed E-state index contributed by atoms with van der Waals surface area (Å²) in [5, 5.41) is 9.20. The van der Waals surface area contributed by atoms with Crippen LogP contribution in [0.4, 0.5) is 5.69 Å². The van der Waals surface area contributed by atoms with Gasteiger partial charge >= 0.3 is 0 Å². The van der Waals surface area contributed by atoms with Crippen molar-refractivity contribution in [1.29, 1.82) is 5.26 Å². The van der Waals surface area contributed by atoms with Gasteiger partial charge in [-0.25, -0.2) is 0 Å². The van der Waals surface area contributed by atoms with Crippen molar-refractivity contribution >= 4 is 21.6 Å². The number of hydrogen-bond donors (Lipinski definition) is 1. The number of nitrogens with two attached hydrogens (primary N) is 1. The molecule has 1 aromatic rings. The Morgan fingerprint density at radius 1 is 1.39 bits per heavy atom. The molecule has 0 bridgehead atoms. The highest BCUT2D eigenvalue weighted by Gasteiger charge is 2.20. The Kier molecular flexibility index (Phi) is 4.62. The summed E-state index contributed by atoms with van der Waals surface area (Å²) in [4.78, 5) is 2.32. The average molecular weight is 308 g/mol. The van der Waals surface area contributed by atoms with Crippen molar-refractivity contribution in [1.82, 2.24) is 0 Å². The molecule has 0 spiro atoms. The zero-order chi connectivity index (χ0) is 13.0. The Hall–Kier alpha value is -1.05. The van der Waals surface area contributed by atoms with Crippen LogP contribution in [-0.4, -0.2) is 19.6 Å². The van der Waals surface area contributed by atoms with Crippen LogP contribution in [0.5, 0.6) is 0 Å². The molecule has 2 N–H and O–H groups in total. The third kappa shape index (κ3) is 3.04. The van der Waals surface area contributed by atoms with Crippen LogP contribution in [0.3, 0.4) is 0 Å². The highest BCUT2D eigenvalue weighted by molar-refractivity contribution is 9.10. The maximum atomic E-state index is 9.20. The lowest BCUT2D eigenvalue weighted by Gasteiger charge is -2.34. The minimum Gasteiger partial charge on any atom is -0.370 e. The Bertz CT molecular complexity index is 445. The Morgan fingerprint density at radius 2 is 2.11 bits per heavy atom. The van der Waals surface area contributed by atoms with Gasteiger partial charge in [0.1, 0.15) is 6.07 Å². The molecule has 1 aliphatic rings. The van der Waals surface area contributed by atoms with Gasteiger partial charge in [0.2, 0.25) is 0 Å². The van der Waals surface area contributed by atoms with Crippen molar-refractivity contribution < 1.29 is 0 Å². The van der Waals surface area contributed by atoms with Crippen LogP contribution in [0.1, 0.15) is 24.8 Å². The van der Waals surface area contributed by atoms with Gasteiger partial charge in [-0.05, 0) is 49.9 Å². The van der Waals surface area contributed by atoms with E-state index in [1.807, 2.05) is 18.2 Å². The number of piperidine rings is 1. The number of hydrogen-bond acceptors (Lipinski definition) is 3. The van der Waals surface area contributed by atoms with E-state index in [-0.39, 0.29) is 0 Å². The number of nitrogens with zero attached hydrogens (tertiary/aromatic N) is 2. The lowest BCUT2D eigenvalue weighted by Crippen LogP contribution is -2.34. The molecule has 0 atom stereocenters. The first kappa shape index (κ1) is 13.4. The molecule has 1 fully saturated rings. The molecule has 0 aromatic heterocycles. The molecule has 1 heterocycles. The summed E-state index contributed by atoms with van der Waals surface area (Å²) in [5.41, 5.74) is 7.42. The van der Waals surface area contributed by atoms with Gasteiger partial charge in [0.15, 0.2) is 0 Å². The Balaban J connectivity index is 2.08. The molecule has 2 rings (SSSR count). The quantitative estimate of drug-likeness (QED) is 0.934. The monoisotopic (exact) mass is 307 g/mol. The topological polar surface area (TPSA) is 53.0 Å². The molecule has 0 aliphatic carbocycles. The molecule has 96 valence electrons. The van der Waals surface area contributed by atoms with Crippen LogP contribution in [0, 0.1) is 17.2 Å². The third-order valence-electron chi connectivity index (χ3n) is 3.61. The van der Waals surface area contributed by atoms with Crippen molar-refractivity contribution in [2.75, 3.05) is 24.5 Å². The summed E-state index contributed by atoms with van der Waals surface area (Å²) < 4.78 is 0.959. The molecule has 3 nitrogen and oxygen atoms in total. The molecular weight excluding hydrogens is 290 g/mol. The first-order chi connectivity index (χ1) is 8.74. The maximum absolute atomic E-state index is 9.20. The predicted molar refractivity (Wildman–Crippen MR) is 77.5 cm³/mol. The van der Waals surface area contributed by atoms with Crippen molar-refractivity contribution in [3.8, 4) is 6.07 Å². The van der Waals surface area contributed by atoms with Crippen LogP contribution in [0.25, 0.3) is 0 Å². The second kappa shape index (κ2) is 6.21. The lowest BCUT2D eigenvalue weighted by molar-refractivity contribution is 0.386. The van der Waals surface area contributed by atoms with Gasteiger partial charge in [0.25, 0.3) is 0 Å². The lowest BCUT2D eigenvalue weighted by atomic mass is 9.93. The number of halogens is 1. The Morgan fingerprint density at radius 3 is 2.72 bits per heavy atom. The zero-order valence-electron chi connectivity index (χ0n) is 10.4. The number of benzene rings is 1. The summed E-state index contributed by atoms with van der Waals surface area (Å²) in [6.07, 6.45) is 3.48. The van der Waals surface area contributed by atoms with Crippen molar-refractivity contribution in [3.05, 3.63) is 28.2 Å². The number of anilines is 1. The molecule has 18 heavy (non-hydrogen) atoms. The minimum absolute atomic E-state index is 0.752. The van der Waals surface area contributed by atoms with E-state index in [1.54, 1.807) is 0 Å². The highest BCUT2D eigenvalue weighted by atomic mass is 79.9. The van der Waals surface area contributed by atoms with Crippen LogP contribution in [-0.2, 0) is 0 Å². The SMILES string of the molecule is N#Cc1cc(Br)ccc1N1CCC(CCN)CC1. The van der Waals surface area contributed by atoms with E-state index in [1.165, 1.54) is 12.8 Å². The van der Waals surface area contributed by atoms with Crippen molar-refractivity contribution in [2.24, 2.45) is 11.7 Å². The standard InChI is InChI=1S/C14H18BrN3/c15-13-1-2-14(12(9-13)10-17)18-7-4-11(3-6-16)5-8-18/h1-2,9,11H,3-8,16H2. The van der Waals surface area contributed by atoms with E-state index in [2.05, 4.69) is 26.9 Å². The van der Waals surface area contributed by atoms with Crippen LogP contribution in [0.2, 0.25) is 0 Å². The van der Waals surface area contributed by atoms with E-state index in [0.29, 0.717) is 0 Å². The largest absolute Gasteiger partial charge is 0.370 e. The van der Waals surface area contributed by atoms with E-state index >= 15 is 0 Å². The summed E-state index contributed by atoms with van der Waals surface area (Å²) in [5.74, 6) is 0.757. The van der Waals surface area contributed by atoms with Gasteiger partial charge in [-0.2, -0.15) is 5.26 Å². The normalized spacial score (nSPS) is 16.6. The van der Waals surface area contributed by atoms with Gasteiger partial charge in [-0.1, -0.05) is 15.9 Å². The molecule has 0 amide bonds. The highest BCUT2D eigenvalue weighted by Crippen LogP contribution is 2.29. The van der Waals surface area contributed by atoms with Crippen LogP contribution < -0.4 is 10.6 Å². The smallest absolute Gasteiger partial charge is 0.101 e. The fourth-order valence-corrected chi connectivity index (χ4v) is 2.93. The van der Waals surface area contributed by atoms with Gasteiger partial charge < -0.3 is 10.6 Å². The molecule has 1 saturated heterocycles. The molecule has 0 saturated carbocycles. The first-order valence-electron chi connectivity index (χ1n) is 6.39. The molecule has 4 heteroatoms. The molecule has 1 aliphatic heterocycles. The first-order valence-corrected chi connectivity index (χ1v) is 7.18. The summed E-state index contributed by atoms with van der Waals surface area (Å²) in [6, 6.07) is 8.20. The summed E-state index contributed by atoms with van der Waals surface area (Å²) >= 11 is 3.41. The van der Waals surface area contributed by atoms with E-state index in [4.69, 9.17) is 5.73 Å². The summed E-state index contributed by atoms with van der Waals surface area (Å²) in [6.45, 7) is 2.84. The van der Waals surface area contributed by atoms with E-state index < -0.39 is 0 Å². The number of nitriles is 1. The van der Waals surface area contributed by atoms with Crippen molar-refractivity contribution in [2.45, 2.75) is 19.3 Å².